The van der Waals surface area contributed by atoms with E-state index in [2.05, 4.69) is 69.4 Å². The van der Waals surface area contributed by atoms with Gasteiger partial charge in [0, 0.05) is 26.7 Å². The van der Waals surface area contributed by atoms with Crippen LogP contribution in [0.3, 0.4) is 0 Å². The maximum atomic E-state index is 13.8. The van der Waals surface area contributed by atoms with Crippen LogP contribution in [-0.2, 0) is 15.6 Å². The molecule has 0 saturated heterocycles. The van der Waals surface area contributed by atoms with Crippen molar-refractivity contribution in [3.8, 4) is 11.4 Å². The molecule has 1 heterocycles. The lowest BCUT2D eigenvalue weighted by Gasteiger charge is -2.30. The first kappa shape index (κ1) is 39.1. The zero-order valence-corrected chi connectivity index (χ0v) is 32.9. The van der Waals surface area contributed by atoms with E-state index >= 15 is 0 Å². The van der Waals surface area contributed by atoms with Gasteiger partial charge in [0.05, 0.1) is 10.0 Å². The highest BCUT2D eigenvalue weighted by molar-refractivity contribution is 7.99. The predicted octanol–water partition coefficient (Wildman–Crippen LogP) is 10.9. The number of hydrogen-bond acceptors (Lipinski definition) is 5. The summed E-state index contributed by atoms with van der Waals surface area (Å²) in [6.45, 7) is 12.9. The molecule has 0 atom stereocenters. The third-order valence-electron chi connectivity index (χ3n) is 9.28. The topological polar surface area (TPSA) is 105 Å². The average molecular weight is 780 g/mol. The number of nitrogens with one attached hydrogen (secondary N) is 3. The molecule has 12 heteroatoms. The number of carbonyl (C=O) groups is 2. The quantitative estimate of drug-likeness (QED) is 0.110. The van der Waals surface area contributed by atoms with E-state index in [1.54, 1.807) is 24.3 Å². The standard InChI is InChI=1S/C40H41Cl3N4O4S/c1-7-39(3,4)25-17-18-32(29(20-25)40(5,6)8-2)51-23-33(48)44-27-14-12-13-24(19-27)37(49)45-36-35(52-28-15-10-9-11-16-28)38(50)47(46-36)34-30(42)21-26(41)22-31(34)43/h9-22,46H,7-8,23H2,1-6H3,(H,44,48)(H,45,49). The van der Waals surface area contributed by atoms with Crippen LogP contribution in [0.1, 0.15) is 75.9 Å². The van der Waals surface area contributed by atoms with E-state index in [0.29, 0.717) is 16.5 Å². The van der Waals surface area contributed by atoms with E-state index in [9.17, 15) is 14.4 Å². The second kappa shape index (κ2) is 16.3. The zero-order valence-electron chi connectivity index (χ0n) is 29.8. The van der Waals surface area contributed by atoms with E-state index in [0.717, 1.165) is 23.3 Å². The average Bonchev–Trinajstić information content (AvgIpc) is 3.40. The van der Waals surface area contributed by atoms with Gasteiger partial charge in [0.15, 0.2) is 6.61 Å². The number of hydrogen-bond donors (Lipinski definition) is 3. The molecule has 5 rings (SSSR count). The Morgan fingerprint density at radius 1 is 0.827 bits per heavy atom. The van der Waals surface area contributed by atoms with Gasteiger partial charge in [0.1, 0.15) is 22.2 Å². The first-order chi connectivity index (χ1) is 24.6. The van der Waals surface area contributed by atoms with Gasteiger partial charge in [-0.1, -0.05) is 125 Å². The first-order valence-corrected chi connectivity index (χ1v) is 18.8. The summed E-state index contributed by atoms with van der Waals surface area (Å²) in [5.74, 6) is -0.106. The van der Waals surface area contributed by atoms with Crippen molar-refractivity contribution in [3.05, 3.63) is 127 Å². The maximum absolute atomic E-state index is 13.8. The van der Waals surface area contributed by atoms with Gasteiger partial charge < -0.3 is 15.4 Å². The Labute approximate surface area is 323 Å². The number of aromatic nitrogens is 2. The summed E-state index contributed by atoms with van der Waals surface area (Å²) in [6, 6.07) is 24.9. The molecule has 272 valence electrons. The first-order valence-electron chi connectivity index (χ1n) is 16.9. The number of anilines is 2. The number of aromatic amines is 1. The van der Waals surface area contributed by atoms with Crippen LogP contribution in [0.5, 0.6) is 5.75 Å². The molecule has 0 radical (unpaired) electrons. The van der Waals surface area contributed by atoms with Crippen LogP contribution in [0.2, 0.25) is 15.1 Å². The molecular formula is C40H41Cl3N4O4S. The number of rotatable bonds is 13. The third kappa shape index (κ3) is 8.89. The smallest absolute Gasteiger partial charge is 0.287 e. The lowest BCUT2D eigenvalue weighted by molar-refractivity contribution is -0.118. The Morgan fingerprint density at radius 3 is 2.15 bits per heavy atom. The lowest BCUT2D eigenvalue weighted by Crippen LogP contribution is -2.24. The van der Waals surface area contributed by atoms with Crippen LogP contribution >= 0.6 is 46.6 Å². The molecule has 52 heavy (non-hydrogen) atoms. The van der Waals surface area contributed by atoms with Crippen LogP contribution in [-0.4, -0.2) is 28.2 Å². The molecule has 0 aliphatic carbocycles. The number of ether oxygens (including phenoxy) is 1. The number of H-pyrrole nitrogens is 1. The number of halogens is 3. The summed E-state index contributed by atoms with van der Waals surface area (Å²) in [5, 5.41) is 9.20. The molecule has 8 nitrogen and oxygen atoms in total. The van der Waals surface area contributed by atoms with Gasteiger partial charge in [-0.2, -0.15) is 0 Å². The number of carbonyl (C=O) groups excluding carboxylic acids is 2. The SMILES string of the molecule is CCC(C)(C)c1ccc(OCC(=O)Nc2cccc(C(=O)Nc3[nH]n(-c4c(Cl)cc(Cl)cc4Cl)c(=O)c3Sc3ccccc3)c2)c(C(C)(C)CC)c1. The van der Waals surface area contributed by atoms with Crippen LogP contribution < -0.4 is 20.9 Å². The summed E-state index contributed by atoms with van der Waals surface area (Å²) in [4.78, 5) is 41.5. The molecule has 1 aromatic heterocycles. The van der Waals surface area contributed by atoms with Crippen molar-refractivity contribution in [2.75, 3.05) is 17.2 Å². The Morgan fingerprint density at radius 2 is 1.50 bits per heavy atom. The highest BCUT2D eigenvalue weighted by Gasteiger charge is 2.27. The molecule has 0 unspecified atom stereocenters. The van der Waals surface area contributed by atoms with Crippen LogP contribution in [0, 0.1) is 0 Å². The Balaban J connectivity index is 1.35. The van der Waals surface area contributed by atoms with Crippen LogP contribution in [0.25, 0.3) is 5.69 Å². The second-order valence-electron chi connectivity index (χ2n) is 13.6. The summed E-state index contributed by atoms with van der Waals surface area (Å²) in [7, 11) is 0. The van der Waals surface area contributed by atoms with Gasteiger partial charge in [-0.3, -0.25) is 19.5 Å². The third-order valence-corrected chi connectivity index (χ3v) is 11.2. The van der Waals surface area contributed by atoms with Gasteiger partial charge in [0.25, 0.3) is 17.4 Å². The van der Waals surface area contributed by atoms with Crippen LogP contribution in [0.4, 0.5) is 11.5 Å². The fourth-order valence-corrected chi connectivity index (χ4v) is 7.27. The minimum atomic E-state index is -0.523. The minimum Gasteiger partial charge on any atom is -0.483 e. The van der Waals surface area contributed by atoms with Crippen molar-refractivity contribution in [2.45, 2.75) is 75.0 Å². The molecule has 0 aliphatic rings. The van der Waals surface area contributed by atoms with E-state index in [-0.39, 0.29) is 55.4 Å². The van der Waals surface area contributed by atoms with E-state index < -0.39 is 11.5 Å². The zero-order chi connectivity index (χ0) is 37.8. The molecule has 0 fully saturated rings. The molecule has 3 N–H and O–H groups in total. The summed E-state index contributed by atoms with van der Waals surface area (Å²) >= 11 is 20.2. The van der Waals surface area contributed by atoms with E-state index in [1.807, 2.05) is 36.4 Å². The van der Waals surface area contributed by atoms with Crippen molar-refractivity contribution < 1.29 is 14.3 Å². The summed E-state index contributed by atoms with van der Waals surface area (Å²) < 4.78 is 7.27. The monoisotopic (exact) mass is 778 g/mol. The number of benzene rings is 4. The molecular weight excluding hydrogens is 739 g/mol. The highest BCUT2D eigenvalue weighted by Crippen LogP contribution is 2.39. The lowest BCUT2D eigenvalue weighted by atomic mass is 9.76. The normalized spacial score (nSPS) is 11.7. The number of nitrogens with zero attached hydrogens (tertiary/aromatic N) is 1. The largest absolute Gasteiger partial charge is 0.483 e. The van der Waals surface area contributed by atoms with Crippen molar-refractivity contribution in [1.29, 1.82) is 0 Å². The molecule has 4 aromatic carbocycles. The van der Waals surface area contributed by atoms with Crippen molar-refractivity contribution >= 4 is 69.9 Å². The van der Waals surface area contributed by atoms with E-state index in [4.69, 9.17) is 39.5 Å². The Hall–Kier alpha value is -4.15. The molecule has 2 amide bonds. The molecule has 0 spiro atoms. The molecule has 0 aliphatic heterocycles. The maximum Gasteiger partial charge on any atom is 0.287 e. The van der Waals surface area contributed by atoms with Crippen molar-refractivity contribution in [1.82, 2.24) is 9.78 Å². The van der Waals surface area contributed by atoms with Crippen molar-refractivity contribution in [2.24, 2.45) is 0 Å². The predicted molar refractivity (Wildman–Crippen MR) is 214 cm³/mol. The van der Waals surface area contributed by atoms with Gasteiger partial charge in [-0.25, -0.2) is 4.68 Å². The Kier molecular flexibility index (Phi) is 12.2. The van der Waals surface area contributed by atoms with Gasteiger partial charge >= 0.3 is 0 Å². The van der Waals surface area contributed by atoms with Gasteiger partial charge in [-0.05, 0) is 77.8 Å². The van der Waals surface area contributed by atoms with Gasteiger partial charge in [0.2, 0.25) is 0 Å². The fraction of sp³-hybridized carbons (Fsp3) is 0.275. The fourth-order valence-electron chi connectivity index (χ4n) is 5.38. The number of amides is 2. The molecule has 0 saturated carbocycles. The highest BCUT2D eigenvalue weighted by atomic mass is 35.5. The van der Waals surface area contributed by atoms with E-state index in [1.165, 1.54) is 34.1 Å². The minimum absolute atomic E-state index is 0.00546. The summed E-state index contributed by atoms with van der Waals surface area (Å²) in [5.41, 5.74) is 2.47. The second-order valence-corrected chi connectivity index (χ2v) is 16.0. The molecule has 0 bridgehead atoms. The van der Waals surface area contributed by atoms with Crippen LogP contribution in [0.15, 0.2) is 99.5 Å². The van der Waals surface area contributed by atoms with Gasteiger partial charge in [-0.15, -0.1) is 0 Å². The van der Waals surface area contributed by atoms with Crippen molar-refractivity contribution in [3.63, 3.8) is 0 Å². The summed E-state index contributed by atoms with van der Waals surface area (Å²) in [6.07, 6.45) is 1.89. The Bertz CT molecular complexity index is 2140. The molecule has 5 aromatic rings.